The van der Waals surface area contributed by atoms with Crippen LogP contribution in [0, 0.1) is 39.4 Å². The molecule has 105 heavy (non-hydrogen) atoms. The highest BCUT2D eigenvalue weighted by molar-refractivity contribution is 5.93. The second kappa shape index (κ2) is 23.6. The number of fused-ring (bicyclic) bond motifs is 9. The third kappa shape index (κ3) is 8.59. The summed E-state index contributed by atoms with van der Waals surface area (Å²) in [5, 5.41) is 0. The molecule has 0 aliphatic heterocycles. The Morgan fingerprint density at radius 3 is 0.790 bits per heavy atom. The highest BCUT2D eigenvalue weighted by Gasteiger charge is 2.75. The number of hydrogen-bond acceptors (Lipinski definition) is 0. The van der Waals surface area contributed by atoms with Crippen LogP contribution in [0.25, 0.3) is 111 Å². The van der Waals surface area contributed by atoms with Gasteiger partial charge in [0, 0.05) is 16.2 Å². The molecule has 524 valence electrons. The van der Waals surface area contributed by atoms with Crippen LogP contribution in [0.4, 0.5) is 0 Å². The molecule has 0 heterocycles. The van der Waals surface area contributed by atoms with Crippen LogP contribution in [0.3, 0.4) is 0 Å². The van der Waals surface area contributed by atoms with E-state index >= 15 is 0 Å². The Morgan fingerprint density at radius 2 is 0.514 bits per heavy atom. The standard InChI is InChI=1S/C105H104/c1-9-16-70-19-23-71(24-20-70)72-25-31-76(32-26-72)79-37-43-85-86-47-41-83(67-92(86)103(91(85)63-79)97(7)55-57-98(103,8)58-56-97)84-42-48-88-87-44-39-81(64-93(87)104(94(88)68-84)99(12-4)59-61-100(104,13-5)62-60-99)77-33-27-73(28-34-77)74-29-35-78(36-30-74)82-40-46-90-89-45-38-80(75-21-17-69(6)18-22-75)65-95(89)105(96(90)66-82)101(49-10-2)51-14-53-102(105,50-11-3)54-15-52-101/h9,17-48,63-68H,1,10-16,49-62H2,2-8H3. The number of rotatable bonds is 15. The topological polar surface area (TPSA) is 0 Å². The number of benzene rings is 11. The van der Waals surface area contributed by atoms with Crippen molar-refractivity contribution in [2.75, 3.05) is 0 Å². The Kier molecular flexibility index (Phi) is 14.7. The van der Waals surface area contributed by atoms with Crippen LogP contribution in [0.15, 0.2) is 243 Å². The summed E-state index contributed by atoms with van der Waals surface area (Å²) in [7, 11) is 0. The van der Waals surface area contributed by atoms with Gasteiger partial charge >= 0.3 is 0 Å². The van der Waals surface area contributed by atoms with Crippen molar-refractivity contribution in [1.82, 2.24) is 0 Å². The number of aryl methyl sites for hydroxylation is 1. The van der Waals surface area contributed by atoms with E-state index in [-0.39, 0.29) is 48.7 Å². The summed E-state index contributed by atoms with van der Waals surface area (Å²) in [6, 6.07) is 93.3. The van der Waals surface area contributed by atoms with Gasteiger partial charge in [0.25, 0.3) is 0 Å². The second-order valence-electron chi connectivity index (χ2n) is 35.8. The molecule has 0 unspecified atom stereocenters. The zero-order chi connectivity index (χ0) is 71.1. The van der Waals surface area contributed by atoms with Gasteiger partial charge in [-0.2, -0.15) is 0 Å². The van der Waals surface area contributed by atoms with E-state index in [0.29, 0.717) is 0 Å². The van der Waals surface area contributed by atoms with E-state index in [4.69, 9.17) is 0 Å². The van der Waals surface area contributed by atoms with Gasteiger partial charge in [0.2, 0.25) is 0 Å². The third-order valence-electron chi connectivity index (χ3n) is 31.8. The van der Waals surface area contributed by atoms with Crippen molar-refractivity contribution in [2.24, 2.45) is 32.5 Å². The van der Waals surface area contributed by atoms with E-state index in [9.17, 15) is 0 Å². The van der Waals surface area contributed by atoms with E-state index in [1.807, 2.05) is 6.08 Å². The lowest BCUT2D eigenvalue weighted by molar-refractivity contribution is -0.0949. The fourth-order valence-electron chi connectivity index (χ4n) is 27.5. The zero-order valence-corrected chi connectivity index (χ0v) is 63.6. The van der Waals surface area contributed by atoms with Gasteiger partial charge in [0.1, 0.15) is 0 Å². The van der Waals surface area contributed by atoms with Gasteiger partial charge in [-0.25, -0.2) is 0 Å². The van der Waals surface area contributed by atoms with Gasteiger partial charge in [-0.05, 0) is 335 Å². The molecule has 20 rings (SSSR count). The van der Waals surface area contributed by atoms with E-state index in [1.165, 1.54) is 251 Å². The lowest BCUT2D eigenvalue weighted by Gasteiger charge is -2.67. The van der Waals surface area contributed by atoms with E-state index in [0.717, 1.165) is 6.42 Å². The highest BCUT2D eigenvalue weighted by Crippen LogP contribution is 2.83. The molecular formula is C105H104. The maximum Gasteiger partial charge on any atom is 0.0327 e. The van der Waals surface area contributed by atoms with E-state index in [2.05, 4.69) is 286 Å². The van der Waals surface area contributed by atoms with Crippen LogP contribution in [0.5, 0.6) is 0 Å². The van der Waals surface area contributed by atoms with Crippen LogP contribution >= 0.6 is 0 Å². The molecule has 9 aliphatic carbocycles. The SMILES string of the molecule is C=CCc1ccc(-c2ccc(-c3ccc4c(c3)C3(c5cc(-c6ccc7c(c6)C6(c8cc(-c9ccc(-c%10ccc(-c%11ccc%12c(c%11)C%11(c%13cc(-c%14ccc(C)cc%14)ccc%13-%12)C%12(CCC)CCCC%11(CCC)CCC%12)cc%10)cc9)ccc8-7)C7(CC)CCC6(CC)CC7)ccc5-4)C4(C)CCC3(C)CC4)cc2)cc1. The smallest absolute Gasteiger partial charge is 0.0327 e. The van der Waals surface area contributed by atoms with Crippen molar-refractivity contribution in [3.63, 3.8) is 0 Å². The summed E-state index contributed by atoms with van der Waals surface area (Å²) in [6.45, 7) is 21.5. The van der Waals surface area contributed by atoms with Gasteiger partial charge in [-0.15, -0.1) is 6.58 Å². The molecule has 0 nitrogen and oxygen atoms in total. The van der Waals surface area contributed by atoms with Crippen LogP contribution in [0.1, 0.15) is 214 Å². The largest absolute Gasteiger partial charge is 0.103 e. The van der Waals surface area contributed by atoms with Gasteiger partial charge in [0.05, 0.1) is 0 Å². The van der Waals surface area contributed by atoms with Crippen LogP contribution in [-0.4, -0.2) is 0 Å². The molecule has 9 aliphatic rings. The predicted octanol–water partition coefficient (Wildman–Crippen LogP) is 29.1. The quantitative estimate of drug-likeness (QED) is 0.0898. The van der Waals surface area contributed by atoms with Crippen LogP contribution < -0.4 is 0 Å². The van der Waals surface area contributed by atoms with Crippen molar-refractivity contribution in [3.8, 4) is 111 Å². The fraction of sp³-hybridized carbons (Fsp3) is 0.352. The summed E-state index contributed by atoms with van der Waals surface area (Å²) >= 11 is 0. The first-order chi connectivity index (χ1) is 51.2. The molecule has 0 N–H and O–H groups in total. The number of hydrogen-bond donors (Lipinski definition) is 0. The van der Waals surface area contributed by atoms with Gasteiger partial charge in [-0.1, -0.05) is 273 Å². The summed E-state index contributed by atoms with van der Waals surface area (Å²) in [6.07, 6.45) is 28.8. The average molecular weight is 1370 g/mol. The summed E-state index contributed by atoms with van der Waals surface area (Å²) in [5.41, 5.74) is 40.8. The summed E-state index contributed by atoms with van der Waals surface area (Å²) < 4.78 is 0. The van der Waals surface area contributed by atoms with Gasteiger partial charge in [0.15, 0.2) is 0 Å². The molecule has 0 saturated heterocycles. The maximum absolute atomic E-state index is 3.95. The number of allylic oxidation sites excluding steroid dienone is 1. The molecule has 0 atom stereocenters. The molecule has 0 aromatic heterocycles. The van der Waals surface area contributed by atoms with Gasteiger partial charge in [-0.3, -0.25) is 0 Å². The Balaban J connectivity index is 0.627. The predicted molar refractivity (Wildman–Crippen MR) is 443 cm³/mol. The molecule has 0 amide bonds. The van der Waals surface area contributed by atoms with Crippen molar-refractivity contribution in [2.45, 2.75) is 200 Å². The molecule has 6 bridgehead atoms. The van der Waals surface area contributed by atoms with E-state index < -0.39 is 0 Å². The van der Waals surface area contributed by atoms with Crippen molar-refractivity contribution >= 4 is 0 Å². The molecule has 6 fully saturated rings. The third-order valence-corrected chi connectivity index (χ3v) is 31.8. The minimum absolute atomic E-state index is 0.0123. The normalized spacial score (nSPS) is 28.4. The molecule has 11 aromatic carbocycles. The Labute approximate surface area is 626 Å². The first kappa shape index (κ1) is 65.7. The minimum Gasteiger partial charge on any atom is -0.103 e. The lowest BCUT2D eigenvalue weighted by atomic mass is 9.36. The van der Waals surface area contributed by atoms with Crippen molar-refractivity contribution in [3.05, 3.63) is 288 Å². The fourth-order valence-corrected chi connectivity index (χ4v) is 27.5. The molecule has 3 spiro atoms. The Hall–Kier alpha value is -8.84. The van der Waals surface area contributed by atoms with E-state index in [1.54, 1.807) is 33.4 Å². The van der Waals surface area contributed by atoms with Crippen molar-refractivity contribution in [1.29, 1.82) is 0 Å². The molecule has 0 radical (unpaired) electrons. The lowest BCUT2D eigenvalue weighted by Crippen LogP contribution is -2.62. The Morgan fingerprint density at radius 1 is 0.276 bits per heavy atom. The van der Waals surface area contributed by atoms with Crippen LogP contribution in [-0.2, 0) is 22.7 Å². The minimum atomic E-state index is -0.0547. The molecule has 11 aromatic rings. The first-order valence-electron chi connectivity index (χ1n) is 41.2. The summed E-state index contributed by atoms with van der Waals surface area (Å²) in [4.78, 5) is 0. The monoisotopic (exact) mass is 1360 g/mol. The maximum atomic E-state index is 3.95. The summed E-state index contributed by atoms with van der Waals surface area (Å²) in [5.74, 6) is 0. The van der Waals surface area contributed by atoms with Crippen molar-refractivity contribution < 1.29 is 0 Å². The zero-order valence-electron chi connectivity index (χ0n) is 63.6. The Bertz CT molecular complexity index is 5230. The highest BCUT2D eigenvalue weighted by atomic mass is 14.8. The second-order valence-corrected chi connectivity index (χ2v) is 35.8. The first-order valence-corrected chi connectivity index (χ1v) is 41.2. The van der Waals surface area contributed by atoms with Gasteiger partial charge < -0.3 is 0 Å². The average Bonchev–Trinajstić information content (AvgIpc) is 1.51. The molecule has 6 saturated carbocycles. The molecule has 0 heteroatoms. The van der Waals surface area contributed by atoms with Crippen LogP contribution in [0.2, 0.25) is 0 Å². The molecular weight excluding hydrogens is 1260 g/mol.